The van der Waals surface area contributed by atoms with Crippen LogP contribution in [0.5, 0.6) is 0 Å². The van der Waals surface area contributed by atoms with Gasteiger partial charge in [-0.2, -0.15) is 0 Å². The van der Waals surface area contributed by atoms with E-state index in [4.69, 9.17) is 12.2 Å². The molecule has 2 aromatic rings. The number of thiocarbonyl (C=S) groups is 1. The van der Waals surface area contributed by atoms with E-state index < -0.39 is 4.92 Å². The van der Waals surface area contributed by atoms with Crippen molar-refractivity contribution >= 4 is 28.7 Å². The summed E-state index contributed by atoms with van der Waals surface area (Å²) < 4.78 is 2.15. The van der Waals surface area contributed by atoms with Gasteiger partial charge in [-0.1, -0.05) is 6.92 Å². The first kappa shape index (κ1) is 18.4. The molecule has 0 aliphatic carbocycles. The molecule has 1 saturated heterocycles. The summed E-state index contributed by atoms with van der Waals surface area (Å²) in [5, 5.41) is 14.7. The van der Waals surface area contributed by atoms with Crippen molar-refractivity contribution in [2.75, 3.05) is 11.9 Å². The Morgan fingerprint density at radius 1 is 1.23 bits per heavy atom. The van der Waals surface area contributed by atoms with Crippen LogP contribution >= 0.6 is 12.2 Å². The number of nitrogens with zero attached hydrogens (tertiary/aromatic N) is 3. The summed E-state index contributed by atoms with van der Waals surface area (Å²) >= 11 is 5.71. The molecule has 6 nitrogen and oxygen atoms in total. The lowest BCUT2D eigenvalue weighted by Gasteiger charge is -2.33. The van der Waals surface area contributed by atoms with Crippen molar-refractivity contribution in [2.24, 2.45) is 13.0 Å². The second-order valence-corrected chi connectivity index (χ2v) is 7.35. The van der Waals surface area contributed by atoms with Gasteiger partial charge in [0.1, 0.15) is 0 Å². The molecule has 1 aliphatic heterocycles. The Morgan fingerprint density at radius 3 is 2.58 bits per heavy atom. The number of likely N-dealkylation sites (tertiary alicyclic amines) is 1. The summed E-state index contributed by atoms with van der Waals surface area (Å²) in [6.07, 6.45) is 5.39. The average Bonchev–Trinajstić information content (AvgIpc) is 2.93. The molecule has 0 spiro atoms. The number of hydrogen-bond acceptors (Lipinski definition) is 3. The number of aromatic nitrogens is 1. The number of non-ortho nitro benzene ring substituents is 1. The van der Waals surface area contributed by atoms with Gasteiger partial charge in [0.25, 0.3) is 5.69 Å². The molecule has 2 atom stereocenters. The van der Waals surface area contributed by atoms with E-state index in [9.17, 15) is 10.1 Å². The summed E-state index contributed by atoms with van der Waals surface area (Å²) in [5.74, 6) is 0.671. The standard InChI is InChI=1S/C19H24N4O2S/c1-14-5-10-18(17-4-3-12-21(17)2)22(13-11-14)19(26)20-15-6-8-16(9-7-15)23(24)25/h3-4,6-9,12,14,18H,5,10-11,13H2,1-2H3,(H,20,26)/t14-,18-/m0/s1. The quantitative estimate of drug-likeness (QED) is 0.488. The fourth-order valence-corrected chi connectivity index (χ4v) is 3.83. The molecule has 1 aromatic carbocycles. The molecule has 1 N–H and O–H groups in total. The van der Waals surface area contributed by atoms with E-state index in [0.717, 1.165) is 25.1 Å². The lowest BCUT2D eigenvalue weighted by Crippen LogP contribution is -2.38. The van der Waals surface area contributed by atoms with Crippen LogP contribution in [0.4, 0.5) is 11.4 Å². The molecule has 7 heteroatoms. The number of benzene rings is 1. The Balaban J connectivity index is 1.79. The van der Waals surface area contributed by atoms with Gasteiger partial charge in [0, 0.05) is 43.3 Å². The van der Waals surface area contributed by atoms with E-state index in [1.807, 2.05) is 0 Å². The van der Waals surface area contributed by atoms with E-state index in [0.29, 0.717) is 11.0 Å². The Kier molecular flexibility index (Phi) is 5.56. The van der Waals surface area contributed by atoms with Crippen molar-refractivity contribution in [1.82, 2.24) is 9.47 Å². The molecule has 3 rings (SSSR count). The van der Waals surface area contributed by atoms with E-state index in [2.05, 4.69) is 47.1 Å². The normalized spacial score (nSPS) is 20.5. The molecule has 1 fully saturated rings. The summed E-state index contributed by atoms with van der Waals surface area (Å²) in [4.78, 5) is 12.7. The third-order valence-corrected chi connectivity index (χ3v) is 5.42. The zero-order valence-electron chi connectivity index (χ0n) is 15.1. The molecule has 138 valence electrons. The van der Waals surface area contributed by atoms with Crippen LogP contribution in [-0.4, -0.2) is 26.0 Å². The predicted octanol–water partition coefficient (Wildman–Crippen LogP) is 4.49. The highest BCUT2D eigenvalue weighted by Crippen LogP contribution is 2.33. The number of anilines is 1. The predicted molar refractivity (Wildman–Crippen MR) is 107 cm³/mol. The van der Waals surface area contributed by atoms with Crippen molar-refractivity contribution in [3.8, 4) is 0 Å². The zero-order valence-corrected chi connectivity index (χ0v) is 15.9. The van der Waals surface area contributed by atoms with Crippen molar-refractivity contribution in [3.05, 3.63) is 58.4 Å². The van der Waals surface area contributed by atoms with Crippen LogP contribution < -0.4 is 5.32 Å². The van der Waals surface area contributed by atoms with Gasteiger partial charge < -0.3 is 14.8 Å². The Morgan fingerprint density at radius 2 is 1.96 bits per heavy atom. The molecule has 0 saturated carbocycles. The van der Waals surface area contributed by atoms with Gasteiger partial charge >= 0.3 is 0 Å². The van der Waals surface area contributed by atoms with E-state index >= 15 is 0 Å². The number of rotatable bonds is 3. The third kappa shape index (κ3) is 4.04. The monoisotopic (exact) mass is 372 g/mol. The molecule has 0 unspecified atom stereocenters. The van der Waals surface area contributed by atoms with Crippen LogP contribution in [0.3, 0.4) is 0 Å². The Bertz CT molecular complexity index is 787. The Hall–Kier alpha value is -2.41. The minimum Gasteiger partial charge on any atom is -0.353 e. The molecule has 2 heterocycles. The van der Waals surface area contributed by atoms with Gasteiger partial charge in [-0.3, -0.25) is 10.1 Å². The molecular weight excluding hydrogens is 348 g/mol. The van der Waals surface area contributed by atoms with Crippen LogP contribution in [0.2, 0.25) is 0 Å². The number of nitro benzene ring substituents is 1. The van der Waals surface area contributed by atoms with Gasteiger partial charge in [-0.15, -0.1) is 0 Å². The second kappa shape index (κ2) is 7.86. The fourth-order valence-electron chi connectivity index (χ4n) is 3.49. The first-order chi connectivity index (χ1) is 12.5. The van der Waals surface area contributed by atoms with Gasteiger partial charge in [0.15, 0.2) is 5.11 Å². The van der Waals surface area contributed by atoms with E-state index in [1.54, 1.807) is 12.1 Å². The van der Waals surface area contributed by atoms with Crippen LogP contribution in [-0.2, 0) is 7.05 Å². The lowest BCUT2D eigenvalue weighted by atomic mass is 10.0. The molecular formula is C19H24N4O2S. The average molecular weight is 372 g/mol. The lowest BCUT2D eigenvalue weighted by molar-refractivity contribution is -0.384. The molecule has 0 bridgehead atoms. The number of aryl methyl sites for hydroxylation is 1. The minimum absolute atomic E-state index is 0.0757. The van der Waals surface area contributed by atoms with E-state index in [-0.39, 0.29) is 11.7 Å². The van der Waals surface area contributed by atoms with Gasteiger partial charge in [-0.25, -0.2) is 0 Å². The molecule has 1 aromatic heterocycles. The summed E-state index contributed by atoms with van der Waals surface area (Å²) in [6, 6.07) is 10.8. The van der Waals surface area contributed by atoms with Crippen molar-refractivity contribution in [3.63, 3.8) is 0 Å². The Labute approximate surface area is 159 Å². The maximum atomic E-state index is 10.8. The van der Waals surface area contributed by atoms with Crippen LogP contribution in [0.15, 0.2) is 42.6 Å². The largest absolute Gasteiger partial charge is 0.353 e. The van der Waals surface area contributed by atoms with E-state index in [1.165, 1.54) is 24.2 Å². The summed E-state index contributed by atoms with van der Waals surface area (Å²) in [5.41, 5.74) is 2.10. The van der Waals surface area contributed by atoms with Crippen LogP contribution in [0, 0.1) is 16.0 Å². The highest BCUT2D eigenvalue weighted by atomic mass is 32.1. The zero-order chi connectivity index (χ0) is 18.7. The smallest absolute Gasteiger partial charge is 0.269 e. The summed E-state index contributed by atoms with van der Waals surface area (Å²) in [7, 11) is 2.06. The maximum absolute atomic E-state index is 10.8. The van der Waals surface area contributed by atoms with Gasteiger partial charge in [0.2, 0.25) is 0 Å². The second-order valence-electron chi connectivity index (χ2n) is 6.96. The minimum atomic E-state index is -0.399. The van der Waals surface area contributed by atoms with Crippen LogP contribution in [0.25, 0.3) is 0 Å². The van der Waals surface area contributed by atoms with Crippen molar-refractivity contribution < 1.29 is 4.92 Å². The van der Waals surface area contributed by atoms with Gasteiger partial charge in [-0.05, 0) is 61.7 Å². The first-order valence-corrected chi connectivity index (χ1v) is 9.30. The summed E-state index contributed by atoms with van der Waals surface area (Å²) in [6.45, 7) is 3.19. The third-order valence-electron chi connectivity index (χ3n) is 5.09. The molecule has 26 heavy (non-hydrogen) atoms. The highest BCUT2D eigenvalue weighted by Gasteiger charge is 2.28. The molecule has 0 amide bonds. The highest BCUT2D eigenvalue weighted by molar-refractivity contribution is 7.80. The topological polar surface area (TPSA) is 63.3 Å². The fraction of sp³-hybridized carbons (Fsp3) is 0.421. The van der Waals surface area contributed by atoms with Crippen LogP contribution in [0.1, 0.15) is 37.9 Å². The van der Waals surface area contributed by atoms with Gasteiger partial charge in [0.05, 0.1) is 11.0 Å². The van der Waals surface area contributed by atoms with Crippen molar-refractivity contribution in [2.45, 2.75) is 32.2 Å². The molecule has 0 radical (unpaired) electrons. The SMILES string of the molecule is C[C@H]1CC[C@@H](c2cccn2C)N(C(=S)Nc2ccc([N+](=O)[O-])cc2)CC1. The maximum Gasteiger partial charge on any atom is 0.269 e. The first-order valence-electron chi connectivity index (χ1n) is 8.89. The number of nitro groups is 1. The number of nitrogens with one attached hydrogen (secondary N) is 1. The number of hydrogen-bond donors (Lipinski definition) is 1. The van der Waals surface area contributed by atoms with Crippen molar-refractivity contribution in [1.29, 1.82) is 0 Å². The molecule has 1 aliphatic rings.